The van der Waals surface area contributed by atoms with Gasteiger partial charge in [0.25, 0.3) is 0 Å². The van der Waals surface area contributed by atoms with Crippen molar-refractivity contribution in [1.29, 1.82) is 0 Å². The maximum Gasteiger partial charge on any atom is 0.246 e. The number of benzene rings is 1. The molecule has 2 N–H and O–H groups in total. The first-order chi connectivity index (χ1) is 9.60. The van der Waals surface area contributed by atoms with E-state index in [4.69, 9.17) is 0 Å². The van der Waals surface area contributed by atoms with Crippen molar-refractivity contribution in [3.63, 3.8) is 0 Å². The van der Waals surface area contributed by atoms with E-state index in [-0.39, 0.29) is 11.9 Å². The Labute approximate surface area is 138 Å². The van der Waals surface area contributed by atoms with Gasteiger partial charge in [-0.15, -0.1) is 0 Å². The summed E-state index contributed by atoms with van der Waals surface area (Å²) < 4.78 is 3.76. The van der Waals surface area contributed by atoms with E-state index < -0.39 is 0 Å². The predicted octanol–water partition coefficient (Wildman–Crippen LogP) is 2.84. The van der Waals surface area contributed by atoms with Gasteiger partial charge in [0.15, 0.2) is 0 Å². The summed E-state index contributed by atoms with van der Waals surface area (Å²) >= 11 is 5.78. The number of likely N-dealkylation sites (N-methyl/N-ethyl adjacent to an activating group) is 1. The fourth-order valence-electron chi connectivity index (χ4n) is 2.29. The van der Waals surface area contributed by atoms with Gasteiger partial charge in [-0.2, -0.15) is 5.10 Å². The first-order valence-electron chi connectivity index (χ1n) is 6.18. The first kappa shape index (κ1) is 14.0. The minimum absolute atomic E-state index is 0.0130. The van der Waals surface area contributed by atoms with Crippen LogP contribution in [-0.4, -0.2) is 22.2 Å². The third kappa shape index (κ3) is 2.38. The molecule has 0 spiro atoms. The van der Waals surface area contributed by atoms with E-state index in [2.05, 4.69) is 54.3 Å². The zero-order valence-corrected chi connectivity index (χ0v) is 14.4. The summed E-state index contributed by atoms with van der Waals surface area (Å²) in [4.78, 5) is 12.0. The highest BCUT2D eigenvalue weighted by Gasteiger charge is 2.30. The van der Waals surface area contributed by atoms with Crippen molar-refractivity contribution in [2.75, 3.05) is 11.9 Å². The lowest BCUT2D eigenvalue weighted by Gasteiger charge is -2.11. The largest absolute Gasteiger partial charge is 0.324 e. The second-order valence-electron chi connectivity index (χ2n) is 4.47. The molecule has 0 saturated carbocycles. The van der Waals surface area contributed by atoms with Crippen LogP contribution in [0, 0.1) is 3.57 Å². The normalized spacial score (nSPS) is 17.1. The zero-order chi connectivity index (χ0) is 14.3. The van der Waals surface area contributed by atoms with Gasteiger partial charge in [0.2, 0.25) is 5.91 Å². The zero-order valence-electron chi connectivity index (χ0n) is 10.7. The van der Waals surface area contributed by atoms with Gasteiger partial charge in [0.1, 0.15) is 6.04 Å². The lowest BCUT2D eigenvalue weighted by molar-refractivity contribution is -0.117. The van der Waals surface area contributed by atoms with Crippen LogP contribution < -0.4 is 10.6 Å². The molecule has 20 heavy (non-hydrogen) atoms. The van der Waals surface area contributed by atoms with Crippen LogP contribution in [0.5, 0.6) is 0 Å². The van der Waals surface area contributed by atoms with Gasteiger partial charge in [-0.25, -0.2) is 4.68 Å². The van der Waals surface area contributed by atoms with Crippen molar-refractivity contribution in [3.05, 3.63) is 38.1 Å². The number of carbonyl (C=O) groups excluding carboxylic acids is 1. The Bertz CT molecular complexity index is 685. The molecule has 2 heterocycles. The van der Waals surface area contributed by atoms with E-state index in [1.165, 1.54) is 0 Å². The number of nitrogens with one attached hydrogen (secondary N) is 2. The average molecular weight is 447 g/mol. The Balaban J connectivity index is 2.06. The minimum Gasteiger partial charge on any atom is -0.324 e. The molecular formula is C13H12BrIN4O. The minimum atomic E-state index is -0.280. The van der Waals surface area contributed by atoms with Gasteiger partial charge in [-0.05, 0) is 57.2 Å². The smallest absolute Gasteiger partial charge is 0.246 e. The number of rotatable bonds is 3. The van der Waals surface area contributed by atoms with Crippen molar-refractivity contribution in [2.24, 2.45) is 0 Å². The monoisotopic (exact) mass is 446 g/mol. The molecule has 0 fully saturated rings. The van der Waals surface area contributed by atoms with Gasteiger partial charge in [-0.1, -0.05) is 6.92 Å². The van der Waals surface area contributed by atoms with Crippen LogP contribution in [0.1, 0.15) is 18.5 Å². The molecular weight excluding hydrogens is 435 g/mol. The molecule has 5 nitrogen and oxygen atoms in total. The molecule has 0 radical (unpaired) electrons. The van der Waals surface area contributed by atoms with Crippen LogP contribution in [0.2, 0.25) is 0 Å². The highest BCUT2D eigenvalue weighted by atomic mass is 127. The Morgan fingerprint density at radius 2 is 2.35 bits per heavy atom. The second-order valence-corrected chi connectivity index (χ2v) is 6.57. The van der Waals surface area contributed by atoms with E-state index in [0.29, 0.717) is 0 Å². The molecule has 0 aliphatic carbocycles. The number of halogens is 2. The number of amides is 1. The molecule has 7 heteroatoms. The number of hydrogen-bond donors (Lipinski definition) is 2. The van der Waals surface area contributed by atoms with Crippen LogP contribution in [0.3, 0.4) is 0 Å². The number of aromatic nitrogens is 2. The molecule has 1 atom stereocenters. The summed E-state index contributed by atoms with van der Waals surface area (Å²) in [7, 11) is 0. The van der Waals surface area contributed by atoms with E-state index in [1.54, 1.807) is 10.9 Å². The summed E-state index contributed by atoms with van der Waals surface area (Å²) in [6, 6.07) is 3.64. The molecule has 1 aromatic carbocycles. The van der Waals surface area contributed by atoms with Gasteiger partial charge in [0, 0.05) is 21.9 Å². The first-order valence-corrected chi connectivity index (χ1v) is 8.05. The van der Waals surface area contributed by atoms with Crippen molar-refractivity contribution in [1.82, 2.24) is 15.1 Å². The summed E-state index contributed by atoms with van der Waals surface area (Å²) in [5, 5.41) is 10.4. The molecule has 104 valence electrons. The quantitative estimate of drug-likeness (QED) is 0.713. The molecule has 1 amide bonds. The molecule has 1 unspecified atom stereocenters. The molecule has 1 aliphatic heterocycles. The SMILES string of the molecule is CCNC1C(=O)Nc2cc(-n3cc(I)cn3)c(Br)cc21. The van der Waals surface area contributed by atoms with Gasteiger partial charge < -0.3 is 10.6 Å². The molecule has 0 saturated heterocycles. The van der Waals surface area contributed by atoms with Gasteiger partial charge >= 0.3 is 0 Å². The Morgan fingerprint density at radius 1 is 1.55 bits per heavy atom. The Hall–Kier alpha value is -0.930. The number of anilines is 1. The highest BCUT2D eigenvalue weighted by Crippen LogP contribution is 2.36. The maximum atomic E-state index is 12.0. The number of hydrogen-bond acceptors (Lipinski definition) is 3. The Kier molecular flexibility index (Phi) is 3.83. The Morgan fingerprint density at radius 3 is 3.00 bits per heavy atom. The fourth-order valence-corrected chi connectivity index (χ4v) is 3.22. The van der Waals surface area contributed by atoms with E-state index >= 15 is 0 Å². The molecule has 3 rings (SSSR count). The highest BCUT2D eigenvalue weighted by molar-refractivity contribution is 14.1. The second kappa shape index (κ2) is 5.45. The van der Waals surface area contributed by atoms with E-state index in [0.717, 1.165) is 31.5 Å². The van der Waals surface area contributed by atoms with Gasteiger partial charge in [0.05, 0.1) is 15.5 Å². The molecule has 1 aliphatic rings. The van der Waals surface area contributed by atoms with Crippen molar-refractivity contribution < 1.29 is 4.79 Å². The van der Waals surface area contributed by atoms with Crippen LogP contribution in [0.4, 0.5) is 5.69 Å². The topological polar surface area (TPSA) is 59.0 Å². The summed E-state index contributed by atoms with van der Waals surface area (Å²) in [6.45, 7) is 2.73. The standard InChI is InChI=1S/C13H12BrIN4O/c1-2-16-12-8-3-9(14)11(4-10(8)18-13(12)20)19-6-7(15)5-17-19/h3-6,12,16H,2H2,1H3,(H,18,20). The van der Waals surface area contributed by atoms with E-state index in [9.17, 15) is 4.79 Å². The third-order valence-corrected chi connectivity index (χ3v) is 4.35. The number of fused-ring (bicyclic) bond motifs is 1. The summed E-state index contributed by atoms with van der Waals surface area (Å²) in [5.41, 5.74) is 2.71. The fraction of sp³-hybridized carbons (Fsp3) is 0.231. The van der Waals surface area contributed by atoms with Crippen LogP contribution >= 0.6 is 38.5 Å². The van der Waals surface area contributed by atoms with Crippen molar-refractivity contribution in [3.8, 4) is 5.69 Å². The average Bonchev–Trinajstić information content (AvgIpc) is 2.95. The van der Waals surface area contributed by atoms with E-state index in [1.807, 2.05) is 25.3 Å². The summed E-state index contributed by atoms with van der Waals surface area (Å²) in [5.74, 6) is -0.0130. The van der Waals surface area contributed by atoms with Crippen molar-refractivity contribution >= 4 is 50.1 Å². The number of nitrogens with zero attached hydrogens (tertiary/aromatic N) is 2. The molecule has 0 bridgehead atoms. The van der Waals surface area contributed by atoms with Crippen molar-refractivity contribution in [2.45, 2.75) is 13.0 Å². The predicted molar refractivity (Wildman–Crippen MR) is 89.0 cm³/mol. The summed E-state index contributed by atoms with van der Waals surface area (Å²) in [6.07, 6.45) is 3.73. The lowest BCUT2D eigenvalue weighted by atomic mass is 10.1. The number of carbonyl (C=O) groups is 1. The molecule has 2 aromatic rings. The lowest BCUT2D eigenvalue weighted by Crippen LogP contribution is -2.27. The third-order valence-electron chi connectivity index (χ3n) is 3.16. The van der Waals surface area contributed by atoms with Crippen LogP contribution in [0.25, 0.3) is 5.69 Å². The maximum absolute atomic E-state index is 12.0. The molecule has 1 aromatic heterocycles. The van der Waals surface area contributed by atoms with Gasteiger partial charge in [-0.3, -0.25) is 4.79 Å². The van der Waals surface area contributed by atoms with Crippen LogP contribution in [-0.2, 0) is 4.79 Å². The van der Waals surface area contributed by atoms with Crippen LogP contribution in [0.15, 0.2) is 29.0 Å².